The number of ether oxygens (including phenoxy) is 1. The molecular weight excluding hydrogens is 266 g/mol. The fourth-order valence-electron chi connectivity index (χ4n) is 2.65. The Morgan fingerprint density at radius 1 is 1.52 bits per heavy atom. The van der Waals surface area contributed by atoms with Crippen molar-refractivity contribution in [3.8, 4) is 0 Å². The van der Waals surface area contributed by atoms with Gasteiger partial charge in [-0.05, 0) is 25.7 Å². The minimum absolute atomic E-state index is 0.0328. The summed E-state index contributed by atoms with van der Waals surface area (Å²) in [7, 11) is 0. The molecule has 1 N–H and O–H groups in total. The summed E-state index contributed by atoms with van der Waals surface area (Å²) in [5, 5.41) is 0. The summed E-state index contributed by atoms with van der Waals surface area (Å²) < 4.78 is 5.76. The summed E-state index contributed by atoms with van der Waals surface area (Å²) in [5.41, 5.74) is 0.586. The molecule has 21 heavy (non-hydrogen) atoms. The van der Waals surface area contributed by atoms with Gasteiger partial charge < -0.3 is 14.6 Å². The Morgan fingerprint density at radius 3 is 2.90 bits per heavy atom. The first kappa shape index (κ1) is 16.0. The van der Waals surface area contributed by atoms with Gasteiger partial charge in [-0.3, -0.25) is 4.79 Å². The number of rotatable bonds is 6. The van der Waals surface area contributed by atoms with Crippen LogP contribution in [-0.4, -0.2) is 46.6 Å². The number of H-pyrrole nitrogens is 1. The molecule has 1 atom stereocenters. The molecule has 0 bridgehead atoms. The number of hydrogen-bond donors (Lipinski definition) is 1. The van der Waals surface area contributed by atoms with Gasteiger partial charge in [0.25, 0.3) is 5.91 Å². The molecule has 2 rings (SSSR count). The molecule has 2 heterocycles. The number of amides is 1. The Balaban J connectivity index is 2.02. The van der Waals surface area contributed by atoms with E-state index in [-0.39, 0.29) is 12.0 Å². The lowest BCUT2D eigenvalue weighted by molar-refractivity contribution is -0.00394. The predicted octanol–water partition coefficient (Wildman–Crippen LogP) is 2.95. The smallest absolute Gasteiger partial charge is 0.272 e. The lowest BCUT2D eigenvalue weighted by Gasteiger charge is -2.29. The molecule has 5 heteroatoms. The van der Waals surface area contributed by atoms with Crippen molar-refractivity contribution < 1.29 is 9.53 Å². The second-order valence-electron chi connectivity index (χ2n) is 6.08. The molecule has 1 fully saturated rings. The standard InChI is InChI=1S/C16H27N3O2/c1-4-8-19(11-13-7-5-6-9-21-13)16(20)14-10-17-15(18-14)12(2)3/h10,12-13H,4-9,11H2,1-3H3,(H,17,18). The Kier molecular flexibility index (Phi) is 5.79. The number of carbonyl (C=O) groups excluding carboxylic acids is 1. The molecule has 0 radical (unpaired) electrons. The highest BCUT2D eigenvalue weighted by Gasteiger charge is 2.23. The lowest BCUT2D eigenvalue weighted by atomic mass is 10.1. The summed E-state index contributed by atoms with van der Waals surface area (Å²) >= 11 is 0. The van der Waals surface area contributed by atoms with Crippen molar-refractivity contribution in [1.82, 2.24) is 14.9 Å². The summed E-state index contributed by atoms with van der Waals surface area (Å²) in [5.74, 6) is 1.20. The van der Waals surface area contributed by atoms with Gasteiger partial charge in [-0.25, -0.2) is 4.98 Å². The van der Waals surface area contributed by atoms with Crippen molar-refractivity contribution in [2.24, 2.45) is 0 Å². The van der Waals surface area contributed by atoms with Gasteiger partial charge in [0.1, 0.15) is 11.5 Å². The van der Waals surface area contributed by atoms with E-state index in [1.807, 2.05) is 4.90 Å². The predicted molar refractivity (Wildman–Crippen MR) is 82.5 cm³/mol. The van der Waals surface area contributed by atoms with Crippen molar-refractivity contribution in [1.29, 1.82) is 0 Å². The molecule has 0 spiro atoms. The first-order chi connectivity index (χ1) is 10.1. The van der Waals surface area contributed by atoms with Crippen molar-refractivity contribution in [2.75, 3.05) is 19.7 Å². The summed E-state index contributed by atoms with van der Waals surface area (Å²) in [6.45, 7) is 8.48. The highest BCUT2D eigenvalue weighted by Crippen LogP contribution is 2.16. The molecule has 1 amide bonds. The van der Waals surface area contributed by atoms with Crippen LogP contribution in [0.1, 0.15) is 68.7 Å². The molecule has 0 aliphatic carbocycles. The molecular formula is C16H27N3O2. The van der Waals surface area contributed by atoms with E-state index in [1.165, 1.54) is 6.42 Å². The van der Waals surface area contributed by atoms with E-state index in [0.717, 1.165) is 38.2 Å². The number of aromatic nitrogens is 2. The van der Waals surface area contributed by atoms with Crippen LogP contribution >= 0.6 is 0 Å². The average molecular weight is 293 g/mol. The third-order valence-electron chi connectivity index (χ3n) is 3.85. The Labute approximate surface area is 127 Å². The number of nitrogens with one attached hydrogen (secondary N) is 1. The van der Waals surface area contributed by atoms with Crippen LogP contribution in [0.15, 0.2) is 6.20 Å². The van der Waals surface area contributed by atoms with Crippen molar-refractivity contribution >= 4 is 5.91 Å². The number of carbonyl (C=O) groups is 1. The van der Waals surface area contributed by atoms with E-state index in [9.17, 15) is 4.79 Å². The third-order valence-corrected chi connectivity index (χ3v) is 3.85. The lowest BCUT2D eigenvalue weighted by Crippen LogP contribution is -2.40. The Morgan fingerprint density at radius 2 is 2.33 bits per heavy atom. The molecule has 1 aromatic rings. The van der Waals surface area contributed by atoms with Crippen LogP contribution in [0.25, 0.3) is 0 Å². The summed E-state index contributed by atoms with van der Waals surface area (Å²) in [6, 6.07) is 0. The molecule has 1 saturated heterocycles. The van der Waals surface area contributed by atoms with E-state index in [1.54, 1.807) is 6.20 Å². The SMILES string of the molecule is CCCN(CC1CCCCO1)C(=O)c1cnc(C(C)C)[nH]1. The number of hydrogen-bond acceptors (Lipinski definition) is 3. The number of aromatic amines is 1. The van der Waals surface area contributed by atoms with Crippen molar-refractivity contribution in [3.05, 3.63) is 17.7 Å². The van der Waals surface area contributed by atoms with Crippen LogP contribution < -0.4 is 0 Å². The van der Waals surface area contributed by atoms with E-state index in [4.69, 9.17) is 4.74 Å². The van der Waals surface area contributed by atoms with Crippen LogP contribution in [0.3, 0.4) is 0 Å². The summed E-state index contributed by atoms with van der Waals surface area (Å²) in [6.07, 6.45) is 6.16. The highest BCUT2D eigenvalue weighted by molar-refractivity contribution is 5.92. The highest BCUT2D eigenvalue weighted by atomic mass is 16.5. The second-order valence-corrected chi connectivity index (χ2v) is 6.08. The third kappa shape index (κ3) is 4.30. The fourth-order valence-corrected chi connectivity index (χ4v) is 2.65. The fraction of sp³-hybridized carbons (Fsp3) is 0.750. The maximum Gasteiger partial charge on any atom is 0.272 e. The number of imidazole rings is 1. The minimum Gasteiger partial charge on any atom is -0.376 e. The molecule has 1 unspecified atom stereocenters. The second kappa shape index (κ2) is 7.59. The zero-order chi connectivity index (χ0) is 15.2. The first-order valence-electron chi connectivity index (χ1n) is 8.07. The average Bonchev–Trinajstić information content (AvgIpc) is 2.97. The van der Waals surface area contributed by atoms with Crippen LogP contribution in [-0.2, 0) is 4.74 Å². The minimum atomic E-state index is 0.0328. The van der Waals surface area contributed by atoms with E-state index >= 15 is 0 Å². The Bertz CT molecular complexity index is 450. The first-order valence-corrected chi connectivity index (χ1v) is 8.07. The molecule has 1 aliphatic heterocycles. The molecule has 1 aromatic heterocycles. The largest absolute Gasteiger partial charge is 0.376 e. The molecule has 5 nitrogen and oxygen atoms in total. The van der Waals surface area contributed by atoms with Crippen LogP contribution in [0.4, 0.5) is 0 Å². The quantitative estimate of drug-likeness (QED) is 0.877. The van der Waals surface area contributed by atoms with Gasteiger partial charge in [-0.1, -0.05) is 20.8 Å². The molecule has 118 valence electrons. The normalized spacial score (nSPS) is 19.0. The van der Waals surface area contributed by atoms with Gasteiger partial charge in [-0.2, -0.15) is 0 Å². The van der Waals surface area contributed by atoms with Crippen LogP contribution in [0.5, 0.6) is 0 Å². The van der Waals surface area contributed by atoms with Gasteiger partial charge >= 0.3 is 0 Å². The zero-order valence-corrected chi connectivity index (χ0v) is 13.4. The van der Waals surface area contributed by atoms with E-state index in [0.29, 0.717) is 18.2 Å². The van der Waals surface area contributed by atoms with E-state index < -0.39 is 0 Å². The van der Waals surface area contributed by atoms with Crippen LogP contribution in [0.2, 0.25) is 0 Å². The zero-order valence-electron chi connectivity index (χ0n) is 13.4. The van der Waals surface area contributed by atoms with Gasteiger partial charge in [0.2, 0.25) is 0 Å². The van der Waals surface area contributed by atoms with Gasteiger partial charge in [-0.15, -0.1) is 0 Å². The monoisotopic (exact) mass is 293 g/mol. The van der Waals surface area contributed by atoms with Gasteiger partial charge in [0.05, 0.1) is 12.3 Å². The van der Waals surface area contributed by atoms with Crippen molar-refractivity contribution in [2.45, 2.75) is 58.5 Å². The summed E-state index contributed by atoms with van der Waals surface area (Å²) in [4.78, 5) is 22.0. The molecule has 0 aromatic carbocycles. The molecule has 1 aliphatic rings. The number of nitrogens with zero attached hydrogens (tertiary/aromatic N) is 2. The molecule has 0 saturated carbocycles. The topological polar surface area (TPSA) is 58.2 Å². The maximum absolute atomic E-state index is 12.6. The van der Waals surface area contributed by atoms with Gasteiger partial charge in [0.15, 0.2) is 0 Å². The Hall–Kier alpha value is -1.36. The van der Waals surface area contributed by atoms with Gasteiger partial charge in [0, 0.05) is 25.6 Å². The maximum atomic E-state index is 12.6. The van der Waals surface area contributed by atoms with Crippen LogP contribution in [0, 0.1) is 0 Å². The van der Waals surface area contributed by atoms with Crippen molar-refractivity contribution in [3.63, 3.8) is 0 Å². The van der Waals surface area contributed by atoms with E-state index in [2.05, 4.69) is 30.7 Å².